The highest BCUT2D eigenvalue weighted by Gasteiger charge is 2.12. The lowest BCUT2D eigenvalue weighted by atomic mass is 10.2. The van der Waals surface area contributed by atoms with Crippen LogP contribution in [0.25, 0.3) is 0 Å². The Morgan fingerprint density at radius 1 is 1.45 bits per heavy atom. The molecule has 1 heterocycles. The molecule has 0 bridgehead atoms. The molecule has 0 aromatic carbocycles. The van der Waals surface area contributed by atoms with E-state index < -0.39 is 0 Å². The smallest absolute Gasteiger partial charge is 0.262 e. The number of aliphatic hydroxyl groups is 1. The third kappa shape index (κ3) is 5.03. The number of thiophene rings is 1. The van der Waals surface area contributed by atoms with Crippen LogP contribution < -0.4 is 5.32 Å². The molecule has 1 aromatic rings. The van der Waals surface area contributed by atoms with Gasteiger partial charge in [-0.2, -0.15) is 0 Å². The van der Waals surface area contributed by atoms with E-state index >= 15 is 0 Å². The van der Waals surface area contributed by atoms with E-state index in [-0.39, 0.29) is 24.8 Å². The first kappa shape index (κ1) is 16.2. The van der Waals surface area contributed by atoms with Gasteiger partial charge in [0, 0.05) is 39.0 Å². The minimum Gasteiger partial charge on any atom is -0.395 e. The van der Waals surface area contributed by atoms with E-state index in [1.165, 1.54) is 16.2 Å². The number of nitrogens with one attached hydrogen (secondary N) is 1. The first-order valence-corrected chi connectivity index (χ1v) is 7.09. The van der Waals surface area contributed by atoms with Gasteiger partial charge in [0.15, 0.2) is 0 Å². The molecular weight excluding hydrogens is 276 g/mol. The van der Waals surface area contributed by atoms with Gasteiger partial charge in [0.1, 0.15) is 4.88 Å². The molecule has 0 spiro atoms. The van der Waals surface area contributed by atoms with Crippen molar-refractivity contribution >= 4 is 23.2 Å². The topological polar surface area (TPSA) is 69.6 Å². The normalized spacial score (nSPS) is 9.55. The minimum atomic E-state index is -0.222. The van der Waals surface area contributed by atoms with Crippen molar-refractivity contribution in [1.82, 2.24) is 10.2 Å². The summed E-state index contributed by atoms with van der Waals surface area (Å²) in [6, 6.07) is 1.77. The van der Waals surface area contributed by atoms with E-state index in [1.54, 1.807) is 25.5 Å². The molecule has 2 amide bonds. The summed E-state index contributed by atoms with van der Waals surface area (Å²) in [5.41, 5.74) is 0.653. The number of rotatable bonds is 5. The summed E-state index contributed by atoms with van der Waals surface area (Å²) in [5, 5.41) is 13.2. The summed E-state index contributed by atoms with van der Waals surface area (Å²) in [5.74, 6) is 5.39. The Balaban J connectivity index is 2.54. The van der Waals surface area contributed by atoms with Crippen molar-refractivity contribution in [3.05, 3.63) is 21.9 Å². The zero-order valence-corrected chi connectivity index (χ0v) is 12.4. The number of carbonyl (C=O) groups is 2. The van der Waals surface area contributed by atoms with Gasteiger partial charge < -0.3 is 15.3 Å². The Bertz CT molecular complexity index is 526. The maximum Gasteiger partial charge on any atom is 0.262 e. The SMILES string of the molecule is CN(C)C(=O)CCNC(=O)c1sccc1C#CCCO. The number of nitrogens with zero attached hydrogens (tertiary/aromatic N) is 1. The van der Waals surface area contributed by atoms with Crippen LogP contribution in [0.1, 0.15) is 28.1 Å². The van der Waals surface area contributed by atoms with Gasteiger partial charge in [-0.1, -0.05) is 11.8 Å². The molecule has 2 N–H and O–H groups in total. The fourth-order valence-corrected chi connectivity index (χ4v) is 2.15. The van der Waals surface area contributed by atoms with Crippen LogP contribution >= 0.6 is 11.3 Å². The van der Waals surface area contributed by atoms with Gasteiger partial charge in [-0.25, -0.2) is 0 Å². The van der Waals surface area contributed by atoms with Crippen LogP contribution in [-0.2, 0) is 4.79 Å². The molecule has 0 aliphatic carbocycles. The van der Waals surface area contributed by atoms with E-state index in [0.717, 1.165) is 0 Å². The van der Waals surface area contributed by atoms with Crippen molar-refractivity contribution in [2.75, 3.05) is 27.2 Å². The number of carbonyl (C=O) groups excluding carboxylic acids is 2. The predicted octanol–water partition coefficient (Wildman–Crippen LogP) is 0.690. The van der Waals surface area contributed by atoms with Crippen molar-refractivity contribution in [2.24, 2.45) is 0 Å². The number of hydrogen-bond acceptors (Lipinski definition) is 4. The van der Waals surface area contributed by atoms with Gasteiger partial charge in [-0.15, -0.1) is 11.3 Å². The molecule has 5 nitrogen and oxygen atoms in total. The lowest BCUT2D eigenvalue weighted by Crippen LogP contribution is -2.30. The van der Waals surface area contributed by atoms with Crippen LogP contribution in [-0.4, -0.2) is 49.1 Å². The number of aliphatic hydroxyl groups excluding tert-OH is 1. The van der Waals surface area contributed by atoms with Gasteiger partial charge in [-0.05, 0) is 11.4 Å². The maximum absolute atomic E-state index is 12.0. The average Bonchev–Trinajstić information content (AvgIpc) is 2.87. The molecule has 6 heteroatoms. The second-order valence-corrected chi connectivity index (χ2v) is 5.15. The van der Waals surface area contributed by atoms with Crippen LogP contribution in [0.15, 0.2) is 11.4 Å². The molecule has 0 radical (unpaired) electrons. The number of amides is 2. The third-order valence-electron chi connectivity index (χ3n) is 2.45. The van der Waals surface area contributed by atoms with Crippen LogP contribution in [0.5, 0.6) is 0 Å². The van der Waals surface area contributed by atoms with Crippen molar-refractivity contribution < 1.29 is 14.7 Å². The van der Waals surface area contributed by atoms with E-state index in [1.807, 2.05) is 0 Å². The molecule has 1 aromatic heterocycles. The van der Waals surface area contributed by atoms with Gasteiger partial charge in [-0.3, -0.25) is 9.59 Å². The second kappa shape index (κ2) is 8.35. The zero-order chi connectivity index (χ0) is 15.0. The Morgan fingerprint density at radius 2 is 2.20 bits per heavy atom. The van der Waals surface area contributed by atoms with Gasteiger partial charge in [0.05, 0.1) is 6.61 Å². The van der Waals surface area contributed by atoms with E-state index in [2.05, 4.69) is 17.2 Å². The first-order valence-electron chi connectivity index (χ1n) is 6.22. The molecule has 0 fully saturated rings. The van der Waals surface area contributed by atoms with Crippen molar-refractivity contribution in [1.29, 1.82) is 0 Å². The molecule has 108 valence electrons. The Morgan fingerprint density at radius 3 is 2.85 bits per heavy atom. The van der Waals surface area contributed by atoms with Crippen molar-refractivity contribution in [3.8, 4) is 11.8 Å². The van der Waals surface area contributed by atoms with E-state index in [4.69, 9.17) is 5.11 Å². The Hall–Kier alpha value is -1.84. The molecule has 1 rings (SSSR count). The van der Waals surface area contributed by atoms with Gasteiger partial charge >= 0.3 is 0 Å². The summed E-state index contributed by atoms with van der Waals surface area (Å²) in [6.45, 7) is 0.308. The van der Waals surface area contributed by atoms with Crippen LogP contribution in [0.4, 0.5) is 0 Å². The molecule has 0 aliphatic heterocycles. The van der Waals surface area contributed by atoms with Crippen LogP contribution in [0.2, 0.25) is 0 Å². The van der Waals surface area contributed by atoms with Gasteiger partial charge in [0.2, 0.25) is 5.91 Å². The van der Waals surface area contributed by atoms with E-state index in [9.17, 15) is 9.59 Å². The van der Waals surface area contributed by atoms with Crippen molar-refractivity contribution in [3.63, 3.8) is 0 Å². The predicted molar refractivity (Wildman–Crippen MR) is 78.5 cm³/mol. The average molecular weight is 294 g/mol. The van der Waals surface area contributed by atoms with Crippen LogP contribution in [0.3, 0.4) is 0 Å². The van der Waals surface area contributed by atoms with Crippen molar-refractivity contribution in [2.45, 2.75) is 12.8 Å². The second-order valence-electron chi connectivity index (χ2n) is 4.23. The highest BCUT2D eigenvalue weighted by molar-refractivity contribution is 7.12. The molecule has 0 aliphatic rings. The third-order valence-corrected chi connectivity index (χ3v) is 3.37. The zero-order valence-electron chi connectivity index (χ0n) is 11.6. The maximum atomic E-state index is 12.0. The summed E-state index contributed by atoms with van der Waals surface area (Å²) in [6.07, 6.45) is 0.657. The Labute approximate surface area is 122 Å². The lowest BCUT2D eigenvalue weighted by molar-refractivity contribution is -0.128. The highest BCUT2D eigenvalue weighted by Crippen LogP contribution is 2.15. The first-order chi connectivity index (χ1) is 9.56. The fourth-order valence-electron chi connectivity index (χ4n) is 1.38. The quantitative estimate of drug-likeness (QED) is 0.785. The molecule has 0 unspecified atom stereocenters. The Kier molecular flexibility index (Phi) is 6.77. The fraction of sp³-hybridized carbons (Fsp3) is 0.429. The lowest BCUT2D eigenvalue weighted by Gasteiger charge is -2.10. The molecule has 0 saturated carbocycles. The molecule has 0 atom stereocenters. The van der Waals surface area contributed by atoms with Gasteiger partial charge in [0.25, 0.3) is 5.91 Å². The molecule has 20 heavy (non-hydrogen) atoms. The summed E-state index contributed by atoms with van der Waals surface area (Å²) >= 11 is 1.31. The summed E-state index contributed by atoms with van der Waals surface area (Å²) < 4.78 is 0. The minimum absolute atomic E-state index is 0.00527. The molecular formula is C14H18N2O3S. The van der Waals surface area contributed by atoms with Crippen LogP contribution in [0, 0.1) is 11.8 Å². The highest BCUT2D eigenvalue weighted by atomic mass is 32.1. The largest absolute Gasteiger partial charge is 0.395 e. The number of hydrogen-bond donors (Lipinski definition) is 2. The monoisotopic (exact) mass is 294 g/mol. The summed E-state index contributed by atoms with van der Waals surface area (Å²) in [4.78, 5) is 25.4. The van der Waals surface area contributed by atoms with E-state index in [0.29, 0.717) is 23.4 Å². The molecule has 0 saturated heterocycles. The standard InChI is InChI=1S/C14H18N2O3S/c1-16(2)12(18)6-8-15-14(19)13-11(7-10-20-13)5-3-4-9-17/h7,10,17H,4,6,8-9H2,1-2H3,(H,15,19). The summed E-state index contributed by atoms with van der Waals surface area (Å²) in [7, 11) is 3.36.